The van der Waals surface area contributed by atoms with Gasteiger partial charge in [-0.1, -0.05) is 12.1 Å². The molecule has 2 aliphatic rings. The van der Waals surface area contributed by atoms with Gasteiger partial charge in [-0.2, -0.15) is 0 Å². The largest absolute Gasteiger partial charge is 0.327 e. The van der Waals surface area contributed by atoms with Crippen LogP contribution in [0.3, 0.4) is 0 Å². The van der Waals surface area contributed by atoms with Crippen LogP contribution >= 0.6 is 0 Å². The van der Waals surface area contributed by atoms with Crippen molar-refractivity contribution < 1.29 is 14.0 Å². The van der Waals surface area contributed by atoms with Crippen LogP contribution in [0.2, 0.25) is 0 Å². The first kappa shape index (κ1) is 11.9. The van der Waals surface area contributed by atoms with E-state index in [4.69, 9.17) is 0 Å². The second kappa shape index (κ2) is 4.50. The number of allylic oxidation sites excluding steroid dienone is 1. The zero-order valence-corrected chi connectivity index (χ0v) is 10.2. The molecule has 0 fully saturated rings. The molecule has 2 N–H and O–H groups in total. The Kier molecular flexibility index (Phi) is 2.81. The van der Waals surface area contributed by atoms with Gasteiger partial charge in [-0.25, -0.2) is 9.18 Å². The van der Waals surface area contributed by atoms with Crippen molar-refractivity contribution in [3.05, 3.63) is 46.9 Å². The molecular weight excluding hydrogens is 247 g/mol. The fourth-order valence-corrected chi connectivity index (χ4v) is 2.61. The fourth-order valence-electron chi connectivity index (χ4n) is 2.61. The van der Waals surface area contributed by atoms with Gasteiger partial charge in [-0.3, -0.25) is 4.79 Å². The van der Waals surface area contributed by atoms with E-state index < -0.39 is 6.04 Å². The van der Waals surface area contributed by atoms with Crippen LogP contribution in [0.25, 0.3) is 0 Å². The lowest BCUT2D eigenvalue weighted by Gasteiger charge is -2.32. The van der Waals surface area contributed by atoms with Gasteiger partial charge < -0.3 is 10.6 Å². The lowest BCUT2D eigenvalue weighted by Crippen LogP contribution is -2.46. The Bertz CT molecular complexity index is 578. The molecule has 98 valence electrons. The number of hydrogen-bond donors (Lipinski definition) is 2. The highest BCUT2D eigenvalue weighted by molar-refractivity contribution is 6.00. The summed E-state index contributed by atoms with van der Waals surface area (Å²) in [6, 6.07) is 5.06. The summed E-state index contributed by atoms with van der Waals surface area (Å²) in [5, 5.41) is 5.43. The van der Waals surface area contributed by atoms with Crippen LogP contribution in [-0.2, 0) is 4.79 Å². The molecule has 5 heteroatoms. The van der Waals surface area contributed by atoms with Gasteiger partial charge in [0.2, 0.25) is 0 Å². The van der Waals surface area contributed by atoms with Crippen LogP contribution in [-0.4, -0.2) is 11.8 Å². The Morgan fingerprint density at radius 2 is 1.84 bits per heavy atom. The van der Waals surface area contributed by atoms with Crippen molar-refractivity contribution in [3.63, 3.8) is 0 Å². The maximum Gasteiger partial charge on any atom is 0.319 e. The van der Waals surface area contributed by atoms with E-state index in [0.717, 1.165) is 12.0 Å². The van der Waals surface area contributed by atoms with Crippen molar-refractivity contribution in [2.75, 3.05) is 0 Å². The summed E-state index contributed by atoms with van der Waals surface area (Å²) in [5.74, 6) is -0.295. The summed E-state index contributed by atoms with van der Waals surface area (Å²) in [4.78, 5) is 23.7. The van der Waals surface area contributed by atoms with Crippen LogP contribution in [0.1, 0.15) is 30.9 Å². The third kappa shape index (κ3) is 2.12. The predicted molar refractivity (Wildman–Crippen MR) is 66.7 cm³/mol. The molecule has 1 aliphatic heterocycles. The molecule has 1 aromatic carbocycles. The van der Waals surface area contributed by atoms with Gasteiger partial charge in [0.15, 0.2) is 5.78 Å². The molecule has 1 atom stereocenters. The highest BCUT2D eigenvalue weighted by Gasteiger charge is 2.34. The third-order valence-corrected chi connectivity index (χ3v) is 3.49. The zero-order valence-electron chi connectivity index (χ0n) is 10.2. The summed E-state index contributed by atoms with van der Waals surface area (Å²) >= 11 is 0. The number of rotatable bonds is 1. The van der Waals surface area contributed by atoms with E-state index >= 15 is 0 Å². The Balaban J connectivity index is 2.05. The number of hydrogen-bond acceptors (Lipinski definition) is 2. The van der Waals surface area contributed by atoms with Gasteiger partial charge in [0.25, 0.3) is 0 Å². The molecule has 0 saturated heterocycles. The number of ketones is 1. The molecule has 19 heavy (non-hydrogen) atoms. The number of urea groups is 1. The number of halogens is 1. The first-order chi connectivity index (χ1) is 9.15. The Labute approximate surface area is 109 Å². The van der Waals surface area contributed by atoms with Gasteiger partial charge in [-0.15, -0.1) is 0 Å². The minimum Gasteiger partial charge on any atom is -0.327 e. The van der Waals surface area contributed by atoms with Gasteiger partial charge in [0.05, 0.1) is 6.04 Å². The molecule has 0 radical (unpaired) electrons. The van der Waals surface area contributed by atoms with E-state index in [-0.39, 0.29) is 17.6 Å². The Morgan fingerprint density at radius 1 is 1.11 bits per heavy atom. The van der Waals surface area contributed by atoms with Crippen molar-refractivity contribution in [2.24, 2.45) is 0 Å². The van der Waals surface area contributed by atoms with Gasteiger partial charge in [-0.05, 0) is 30.5 Å². The minimum absolute atomic E-state index is 0.0445. The van der Waals surface area contributed by atoms with Crippen LogP contribution in [0.15, 0.2) is 35.5 Å². The van der Waals surface area contributed by atoms with Gasteiger partial charge >= 0.3 is 6.03 Å². The maximum absolute atomic E-state index is 13.0. The van der Waals surface area contributed by atoms with E-state index in [1.165, 1.54) is 12.1 Å². The van der Waals surface area contributed by atoms with Crippen LogP contribution < -0.4 is 10.6 Å². The summed E-state index contributed by atoms with van der Waals surface area (Å²) in [7, 11) is 0. The summed E-state index contributed by atoms with van der Waals surface area (Å²) in [6.45, 7) is 0. The number of amides is 2. The van der Waals surface area contributed by atoms with E-state index in [1.807, 2.05) is 0 Å². The standard InChI is InChI=1S/C14H13FN2O2/c15-9-6-4-8(5-7-9)13-12-10(16-14(19)17-13)2-1-3-11(12)18/h4-7,13H,1-3H2,(H2,16,17,19). The summed E-state index contributed by atoms with van der Waals surface area (Å²) in [5.41, 5.74) is 2.03. The van der Waals surface area contributed by atoms with Crippen LogP contribution in [0.4, 0.5) is 9.18 Å². The molecular formula is C14H13FN2O2. The molecule has 0 saturated carbocycles. The second-order valence-corrected chi connectivity index (χ2v) is 4.75. The molecule has 4 nitrogen and oxygen atoms in total. The Morgan fingerprint density at radius 3 is 2.58 bits per heavy atom. The average Bonchev–Trinajstić information content (AvgIpc) is 2.38. The lowest BCUT2D eigenvalue weighted by molar-refractivity contribution is -0.116. The monoisotopic (exact) mass is 260 g/mol. The maximum atomic E-state index is 13.0. The molecule has 1 unspecified atom stereocenters. The molecule has 1 aliphatic carbocycles. The van der Waals surface area contributed by atoms with Crippen LogP contribution in [0.5, 0.6) is 0 Å². The van der Waals surface area contributed by atoms with Crippen LogP contribution in [0, 0.1) is 5.82 Å². The molecule has 0 bridgehead atoms. The smallest absolute Gasteiger partial charge is 0.319 e. The number of Topliss-reactive ketones (excluding diaryl/α,β-unsaturated/α-hetero) is 1. The number of nitrogens with one attached hydrogen (secondary N) is 2. The first-order valence-corrected chi connectivity index (χ1v) is 6.24. The van der Waals surface area contributed by atoms with Crippen molar-refractivity contribution >= 4 is 11.8 Å². The van der Waals surface area contributed by atoms with Crippen molar-refractivity contribution in [3.8, 4) is 0 Å². The molecule has 0 spiro atoms. The topological polar surface area (TPSA) is 58.2 Å². The second-order valence-electron chi connectivity index (χ2n) is 4.75. The quantitative estimate of drug-likeness (QED) is 0.813. The van der Waals surface area contributed by atoms with E-state index in [0.29, 0.717) is 24.1 Å². The average molecular weight is 260 g/mol. The predicted octanol–water partition coefficient (Wildman–Crippen LogP) is 2.19. The molecule has 0 aromatic heterocycles. The minimum atomic E-state index is -0.475. The summed E-state index contributed by atoms with van der Waals surface area (Å²) in [6.07, 6.45) is 1.95. The molecule has 3 rings (SSSR count). The van der Waals surface area contributed by atoms with Crippen molar-refractivity contribution in [1.82, 2.24) is 10.6 Å². The zero-order chi connectivity index (χ0) is 13.4. The SMILES string of the molecule is O=C1NC2=C(C(=O)CCC2)C(c2ccc(F)cc2)N1. The van der Waals surface area contributed by atoms with E-state index in [9.17, 15) is 14.0 Å². The molecule has 2 amide bonds. The fraction of sp³-hybridized carbons (Fsp3) is 0.286. The number of carbonyl (C=O) groups excluding carboxylic acids is 2. The number of benzene rings is 1. The highest BCUT2D eigenvalue weighted by atomic mass is 19.1. The van der Waals surface area contributed by atoms with Gasteiger partial charge in [0.1, 0.15) is 5.82 Å². The van der Waals surface area contributed by atoms with Crippen molar-refractivity contribution in [1.29, 1.82) is 0 Å². The van der Waals surface area contributed by atoms with E-state index in [2.05, 4.69) is 10.6 Å². The normalized spacial score (nSPS) is 22.7. The molecule has 1 heterocycles. The first-order valence-electron chi connectivity index (χ1n) is 6.24. The lowest BCUT2D eigenvalue weighted by atomic mass is 9.85. The van der Waals surface area contributed by atoms with Crippen molar-refractivity contribution in [2.45, 2.75) is 25.3 Å². The molecule has 1 aromatic rings. The van der Waals surface area contributed by atoms with Gasteiger partial charge in [0, 0.05) is 17.7 Å². The number of carbonyl (C=O) groups is 2. The van der Waals surface area contributed by atoms with E-state index in [1.54, 1.807) is 12.1 Å². The third-order valence-electron chi connectivity index (χ3n) is 3.49. The summed E-state index contributed by atoms with van der Waals surface area (Å²) < 4.78 is 13.0. The Hall–Kier alpha value is -2.17. The highest BCUT2D eigenvalue weighted by Crippen LogP contribution is 2.33.